The molecule has 0 saturated carbocycles. The van der Waals surface area contributed by atoms with Crippen LogP contribution < -0.4 is 14.5 Å². The fourth-order valence-corrected chi connectivity index (χ4v) is 12.3. The zero-order valence-corrected chi connectivity index (χ0v) is 45.8. The van der Waals surface area contributed by atoms with Gasteiger partial charge in [0.1, 0.15) is 5.65 Å². The van der Waals surface area contributed by atoms with Crippen molar-refractivity contribution < 1.29 is 25.8 Å². The van der Waals surface area contributed by atoms with Gasteiger partial charge in [0.05, 0.1) is 0 Å². The van der Waals surface area contributed by atoms with Crippen molar-refractivity contribution >= 4 is 82.5 Å². The van der Waals surface area contributed by atoms with E-state index in [4.69, 9.17) is 9.72 Å². The van der Waals surface area contributed by atoms with E-state index in [1.807, 2.05) is 18.3 Å². The number of aromatic nitrogens is 2. The molecule has 13 aromatic rings. The molecule has 2 aliphatic heterocycles. The number of para-hydroxylation sites is 3. The van der Waals surface area contributed by atoms with Crippen molar-refractivity contribution in [2.45, 2.75) is 39.5 Å². The number of nitrogens with zero attached hydrogens (tertiary/aromatic N) is 4. The first-order valence-corrected chi connectivity index (χ1v) is 26.7. The summed E-state index contributed by atoms with van der Waals surface area (Å²) in [6.07, 6.45) is 1.91. The van der Waals surface area contributed by atoms with Gasteiger partial charge in [-0.3, -0.25) is 0 Å². The van der Waals surface area contributed by atoms with Crippen LogP contribution in [0, 0.1) is 18.8 Å². The van der Waals surface area contributed by atoms with Crippen LogP contribution >= 0.6 is 0 Å². The van der Waals surface area contributed by atoms with E-state index in [2.05, 4.69) is 261 Å². The van der Waals surface area contributed by atoms with Gasteiger partial charge in [0, 0.05) is 88.8 Å². The first kappa shape index (κ1) is 47.7. The van der Waals surface area contributed by atoms with Crippen LogP contribution in [-0.2, 0) is 21.1 Å². The number of hydrogen-bond donors (Lipinski definition) is 0. The SMILES string of the molecule is CC(C)c1ccc2c(c1)c1cc(C(C)C)ccc1c1cccc3c4ccc(Oc5[c-]c6c(cc5)-c5ccccc5-c5cccc7c5N6[CH-]N7c5c(-c6ccccc6)cccc5-c5ccccc5)[c-]c4n(c4ncccc24)c13.[Pt]. The normalized spacial score (nSPS) is 12.6. The average Bonchev–Trinajstić information content (AvgIpc) is 4.24. The molecular formula is C72H51N4OPt-3. The Morgan fingerprint density at radius 1 is 0.423 bits per heavy atom. The molecular weight excluding hydrogens is 1130 g/mol. The van der Waals surface area contributed by atoms with Crippen molar-refractivity contribution in [2.24, 2.45) is 0 Å². The summed E-state index contributed by atoms with van der Waals surface area (Å²) < 4.78 is 9.37. The maximum atomic E-state index is 7.04. The van der Waals surface area contributed by atoms with Crippen LogP contribution in [0.4, 0.5) is 22.7 Å². The van der Waals surface area contributed by atoms with Gasteiger partial charge in [-0.25, -0.2) is 4.98 Å². The third-order valence-electron chi connectivity index (χ3n) is 16.0. The number of ether oxygens (including phenoxy) is 1. The summed E-state index contributed by atoms with van der Waals surface area (Å²) in [5.41, 5.74) is 18.7. The molecule has 5 heterocycles. The number of benzene rings is 10. The molecule has 0 N–H and O–H groups in total. The second-order valence-electron chi connectivity index (χ2n) is 21.1. The smallest absolute Gasteiger partial charge is 0.143 e. The predicted molar refractivity (Wildman–Crippen MR) is 321 cm³/mol. The van der Waals surface area contributed by atoms with Gasteiger partial charge in [0.2, 0.25) is 0 Å². The van der Waals surface area contributed by atoms with E-state index in [1.54, 1.807) is 0 Å². The minimum atomic E-state index is 0. The molecule has 5 nitrogen and oxygen atoms in total. The Balaban J connectivity index is 0.00000552. The van der Waals surface area contributed by atoms with E-state index in [0.29, 0.717) is 23.3 Å². The molecule has 15 rings (SSSR count). The molecule has 6 heteroatoms. The van der Waals surface area contributed by atoms with Crippen molar-refractivity contribution in [3.05, 3.63) is 248 Å². The Morgan fingerprint density at radius 3 is 1.64 bits per heavy atom. The van der Waals surface area contributed by atoms with E-state index in [-0.39, 0.29) is 21.1 Å². The van der Waals surface area contributed by atoms with Crippen LogP contribution in [0.15, 0.2) is 219 Å². The summed E-state index contributed by atoms with van der Waals surface area (Å²) in [7, 11) is 0. The van der Waals surface area contributed by atoms with E-state index < -0.39 is 0 Å². The van der Waals surface area contributed by atoms with Crippen LogP contribution in [0.5, 0.6) is 11.5 Å². The van der Waals surface area contributed by atoms with Crippen LogP contribution in [0.25, 0.3) is 104 Å². The minimum absolute atomic E-state index is 0. The van der Waals surface area contributed by atoms with Crippen molar-refractivity contribution in [3.8, 4) is 56.0 Å². The Bertz CT molecular complexity index is 4540. The molecule has 0 atom stereocenters. The monoisotopic (exact) mass is 1180 g/mol. The van der Waals surface area contributed by atoms with Gasteiger partial charge >= 0.3 is 0 Å². The summed E-state index contributed by atoms with van der Waals surface area (Å²) in [6.45, 7) is 11.4. The predicted octanol–water partition coefficient (Wildman–Crippen LogP) is 19.7. The van der Waals surface area contributed by atoms with Gasteiger partial charge < -0.3 is 18.9 Å². The number of fused-ring (bicyclic) bond motifs is 15. The van der Waals surface area contributed by atoms with E-state index in [1.165, 1.54) is 32.8 Å². The Labute approximate surface area is 468 Å². The summed E-state index contributed by atoms with van der Waals surface area (Å²) in [5, 5.41) is 9.21. The molecule has 0 amide bonds. The number of pyridine rings is 1. The Hall–Kier alpha value is -8.76. The molecule has 2 aliphatic rings. The number of hydrogen-bond acceptors (Lipinski definition) is 4. The summed E-state index contributed by atoms with van der Waals surface area (Å²) in [6, 6.07) is 84.7. The topological polar surface area (TPSA) is 33.0 Å². The van der Waals surface area contributed by atoms with Crippen LogP contribution in [0.3, 0.4) is 0 Å². The fraction of sp³-hybridized carbons (Fsp3) is 0.0833. The molecule has 0 unspecified atom stereocenters. The molecule has 78 heavy (non-hydrogen) atoms. The van der Waals surface area contributed by atoms with Crippen LogP contribution in [0.2, 0.25) is 0 Å². The molecule has 0 saturated heterocycles. The van der Waals surface area contributed by atoms with Gasteiger partial charge in [-0.2, -0.15) is 12.1 Å². The van der Waals surface area contributed by atoms with Crippen molar-refractivity contribution in [1.29, 1.82) is 0 Å². The first-order valence-electron chi connectivity index (χ1n) is 26.7. The first-order chi connectivity index (χ1) is 37.9. The van der Waals surface area contributed by atoms with Gasteiger partial charge in [-0.05, 0) is 84.8 Å². The van der Waals surface area contributed by atoms with Gasteiger partial charge in [-0.15, -0.1) is 41.9 Å². The van der Waals surface area contributed by atoms with Crippen molar-refractivity contribution in [3.63, 3.8) is 0 Å². The Morgan fingerprint density at radius 2 is 0.962 bits per heavy atom. The third kappa shape index (κ3) is 7.43. The zero-order valence-electron chi connectivity index (χ0n) is 43.5. The minimum Gasteiger partial charge on any atom is -0.509 e. The van der Waals surface area contributed by atoms with E-state index >= 15 is 0 Å². The second-order valence-corrected chi connectivity index (χ2v) is 21.1. The molecule has 0 bridgehead atoms. The van der Waals surface area contributed by atoms with Crippen molar-refractivity contribution in [1.82, 2.24) is 9.38 Å². The molecule has 10 aromatic carbocycles. The third-order valence-corrected chi connectivity index (χ3v) is 16.0. The standard InChI is InChI=1S/C72H51N4O.Pt/c1-44(2)48-30-34-56-60-25-14-26-62-59-37-33-51(42-68(59)76(70(60)62)72-63(28-16-38-73-72)57-35-31-49(45(3)4)40-65(57)64(56)39-48)77-50-32-36-58-54-21-11-12-22-55(54)61-27-15-29-66-71(61)75(67(58)41-50)43-74(66)69-52(46-17-7-5-8-18-46)23-13-24-53(69)47-19-9-6-10-20-47;/h5-40,43-45H,1-4H3;/q-3;. The summed E-state index contributed by atoms with van der Waals surface area (Å²) in [5.74, 6) is 1.91. The van der Waals surface area contributed by atoms with Crippen molar-refractivity contribution in [2.75, 3.05) is 9.80 Å². The largest absolute Gasteiger partial charge is 0.509 e. The van der Waals surface area contributed by atoms with Crippen LogP contribution in [0.1, 0.15) is 50.7 Å². The summed E-state index contributed by atoms with van der Waals surface area (Å²) >= 11 is 0. The molecule has 378 valence electrons. The molecule has 0 fully saturated rings. The number of rotatable bonds is 7. The van der Waals surface area contributed by atoms with Gasteiger partial charge in [-0.1, -0.05) is 214 Å². The second kappa shape index (κ2) is 18.8. The van der Waals surface area contributed by atoms with Gasteiger partial charge in [0.15, 0.2) is 0 Å². The number of anilines is 4. The van der Waals surface area contributed by atoms with Gasteiger partial charge in [0.25, 0.3) is 0 Å². The zero-order chi connectivity index (χ0) is 51.5. The quantitative estimate of drug-likeness (QED) is 0.149. The maximum Gasteiger partial charge on any atom is 0.143 e. The maximum absolute atomic E-state index is 7.04. The molecule has 0 spiro atoms. The van der Waals surface area contributed by atoms with E-state index in [9.17, 15) is 0 Å². The Kier molecular flexibility index (Phi) is 11.5. The average molecular weight is 1180 g/mol. The molecule has 3 aromatic heterocycles. The molecule has 0 radical (unpaired) electrons. The van der Waals surface area contributed by atoms with Crippen LogP contribution in [-0.4, -0.2) is 9.38 Å². The fourth-order valence-electron chi connectivity index (χ4n) is 12.3. The molecule has 0 aliphatic carbocycles. The van der Waals surface area contributed by atoms with E-state index in [0.717, 1.165) is 105 Å². The summed E-state index contributed by atoms with van der Waals surface area (Å²) in [4.78, 5) is 9.96.